The molecule has 0 aromatic carbocycles. The van der Waals surface area contributed by atoms with Gasteiger partial charge in [0.15, 0.2) is 0 Å². The van der Waals surface area contributed by atoms with E-state index in [1.165, 1.54) is 11.3 Å². The Morgan fingerprint density at radius 3 is 2.55 bits per heavy atom. The molecule has 20 heavy (non-hydrogen) atoms. The van der Waals surface area contributed by atoms with Crippen molar-refractivity contribution in [2.75, 3.05) is 19.8 Å². The van der Waals surface area contributed by atoms with Crippen molar-refractivity contribution in [1.82, 2.24) is 15.1 Å². The van der Waals surface area contributed by atoms with Crippen LogP contribution in [0.25, 0.3) is 0 Å². The molecule has 114 valence electrons. The molecule has 2 heterocycles. The van der Waals surface area contributed by atoms with E-state index in [1.54, 1.807) is 0 Å². The molecule has 0 aliphatic carbocycles. The van der Waals surface area contributed by atoms with Gasteiger partial charge in [0.05, 0.1) is 5.69 Å². The van der Waals surface area contributed by atoms with Gasteiger partial charge in [-0.15, -0.1) is 0 Å². The van der Waals surface area contributed by atoms with Gasteiger partial charge >= 0.3 is 0 Å². The summed E-state index contributed by atoms with van der Waals surface area (Å²) in [6.07, 6.45) is 2.30. The summed E-state index contributed by atoms with van der Waals surface area (Å²) in [7, 11) is 0. The van der Waals surface area contributed by atoms with Crippen LogP contribution in [0, 0.1) is 19.3 Å². The van der Waals surface area contributed by atoms with Gasteiger partial charge in [0.25, 0.3) is 0 Å². The van der Waals surface area contributed by atoms with Crippen molar-refractivity contribution in [3.63, 3.8) is 0 Å². The Morgan fingerprint density at radius 2 is 2.00 bits per heavy atom. The first kappa shape index (κ1) is 15.5. The molecule has 1 aliphatic heterocycles. The smallest absolute Gasteiger partial charge is 0.0644 e. The standard InChI is InChI=1S/C16H29N3O/c1-6-19-14(4)15(13(3)18-19)12(2)17-11-16(5)7-9-20-10-8-16/h12,17H,6-11H2,1-5H3. The molecule has 0 spiro atoms. The van der Waals surface area contributed by atoms with Crippen LogP contribution >= 0.6 is 0 Å². The Labute approximate surface area is 122 Å². The molecule has 0 radical (unpaired) electrons. The largest absolute Gasteiger partial charge is 0.381 e. The molecule has 4 heteroatoms. The molecule has 2 rings (SSSR count). The molecular formula is C16H29N3O. The predicted molar refractivity (Wildman–Crippen MR) is 82.0 cm³/mol. The number of nitrogens with zero attached hydrogens (tertiary/aromatic N) is 2. The van der Waals surface area contributed by atoms with E-state index in [9.17, 15) is 0 Å². The van der Waals surface area contributed by atoms with Crippen LogP contribution in [0.2, 0.25) is 0 Å². The summed E-state index contributed by atoms with van der Waals surface area (Å²) in [6.45, 7) is 14.8. The maximum atomic E-state index is 5.47. The summed E-state index contributed by atoms with van der Waals surface area (Å²) in [5.41, 5.74) is 4.18. The summed E-state index contributed by atoms with van der Waals surface area (Å²) in [5.74, 6) is 0. The highest BCUT2D eigenvalue weighted by atomic mass is 16.5. The average molecular weight is 279 g/mol. The van der Waals surface area contributed by atoms with Gasteiger partial charge in [-0.25, -0.2) is 0 Å². The van der Waals surface area contributed by atoms with E-state index in [4.69, 9.17) is 4.74 Å². The minimum absolute atomic E-state index is 0.356. The van der Waals surface area contributed by atoms with Crippen molar-refractivity contribution in [1.29, 1.82) is 0 Å². The van der Waals surface area contributed by atoms with Crippen molar-refractivity contribution in [3.05, 3.63) is 17.0 Å². The van der Waals surface area contributed by atoms with E-state index < -0.39 is 0 Å². The van der Waals surface area contributed by atoms with Crippen molar-refractivity contribution < 1.29 is 4.74 Å². The monoisotopic (exact) mass is 279 g/mol. The van der Waals surface area contributed by atoms with Crippen LogP contribution in [0.15, 0.2) is 0 Å². The van der Waals surface area contributed by atoms with E-state index in [-0.39, 0.29) is 0 Å². The second-order valence-corrected chi connectivity index (χ2v) is 6.43. The maximum absolute atomic E-state index is 5.47. The molecule has 0 saturated carbocycles. The van der Waals surface area contributed by atoms with Gasteiger partial charge in [-0.05, 0) is 46.0 Å². The first-order chi connectivity index (χ1) is 9.47. The van der Waals surface area contributed by atoms with Gasteiger partial charge < -0.3 is 10.1 Å². The zero-order valence-electron chi connectivity index (χ0n) is 13.6. The molecule has 0 bridgehead atoms. The Kier molecular flexibility index (Phi) is 4.86. The van der Waals surface area contributed by atoms with E-state index in [1.807, 2.05) is 0 Å². The number of aromatic nitrogens is 2. The van der Waals surface area contributed by atoms with Crippen LogP contribution in [-0.4, -0.2) is 29.5 Å². The van der Waals surface area contributed by atoms with E-state index >= 15 is 0 Å². The van der Waals surface area contributed by atoms with Crippen LogP contribution < -0.4 is 5.32 Å². The topological polar surface area (TPSA) is 39.1 Å². The highest BCUT2D eigenvalue weighted by molar-refractivity contribution is 5.27. The Balaban J connectivity index is 2.01. The summed E-state index contributed by atoms with van der Waals surface area (Å²) in [4.78, 5) is 0. The van der Waals surface area contributed by atoms with Gasteiger partial charge in [0.2, 0.25) is 0 Å². The lowest BCUT2D eigenvalue weighted by atomic mass is 9.82. The van der Waals surface area contributed by atoms with Crippen molar-refractivity contribution in [2.45, 2.75) is 60.0 Å². The Bertz CT molecular complexity index is 447. The molecule has 1 atom stereocenters. The Hall–Kier alpha value is -0.870. The highest BCUT2D eigenvalue weighted by Gasteiger charge is 2.28. The lowest BCUT2D eigenvalue weighted by Gasteiger charge is -2.34. The van der Waals surface area contributed by atoms with Crippen LogP contribution in [0.3, 0.4) is 0 Å². The predicted octanol–water partition coefficient (Wildman–Crippen LogP) is 2.99. The number of hydrogen-bond acceptors (Lipinski definition) is 3. The van der Waals surface area contributed by atoms with Gasteiger partial charge in [-0.3, -0.25) is 4.68 Å². The van der Waals surface area contributed by atoms with E-state index in [0.717, 1.165) is 44.8 Å². The highest BCUT2D eigenvalue weighted by Crippen LogP contribution is 2.30. The average Bonchev–Trinajstić information content (AvgIpc) is 2.72. The summed E-state index contributed by atoms with van der Waals surface area (Å²) in [6, 6.07) is 0.356. The molecule has 0 amide bonds. The molecule has 1 fully saturated rings. The molecule has 4 nitrogen and oxygen atoms in total. The zero-order chi connectivity index (χ0) is 14.8. The lowest BCUT2D eigenvalue weighted by molar-refractivity contribution is 0.0231. The molecule has 1 aliphatic rings. The van der Waals surface area contributed by atoms with Crippen molar-refractivity contribution in [2.24, 2.45) is 5.41 Å². The Morgan fingerprint density at radius 1 is 1.35 bits per heavy atom. The fourth-order valence-corrected chi connectivity index (χ4v) is 3.19. The van der Waals surface area contributed by atoms with Gasteiger partial charge in [-0.1, -0.05) is 6.92 Å². The molecule has 1 unspecified atom stereocenters. The first-order valence-electron chi connectivity index (χ1n) is 7.82. The zero-order valence-corrected chi connectivity index (χ0v) is 13.6. The van der Waals surface area contributed by atoms with Gasteiger partial charge in [0.1, 0.15) is 0 Å². The number of ether oxygens (including phenoxy) is 1. The van der Waals surface area contributed by atoms with Crippen molar-refractivity contribution >= 4 is 0 Å². The molecule has 1 aromatic heterocycles. The molecule has 1 N–H and O–H groups in total. The fraction of sp³-hybridized carbons (Fsp3) is 0.812. The third kappa shape index (κ3) is 3.23. The number of nitrogens with one attached hydrogen (secondary N) is 1. The SMILES string of the molecule is CCn1nc(C)c(C(C)NCC2(C)CCOCC2)c1C. The summed E-state index contributed by atoms with van der Waals surface area (Å²) >= 11 is 0. The third-order valence-electron chi connectivity index (χ3n) is 4.70. The van der Waals surface area contributed by atoms with Crippen molar-refractivity contribution in [3.8, 4) is 0 Å². The first-order valence-corrected chi connectivity index (χ1v) is 7.82. The van der Waals surface area contributed by atoms with Gasteiger partial charge in [0, 0.05) is 43.6 Å². The van der Waals surface area contributed by atoms with Gasteiger partial charge in [-0.2, -0.15) is 5.10 Å². The summed E-state index contributed by atoms with van der Waals surface area (Å²) < 4.78 is 7.57. The second-order valence-electron chi connectivity index (χ2n) is 6.43. The molecule has 1 saturated heterocycles. The molecular weight excluding hydrogens is 250 g/mol. The quantitative estimate of drug-likeness (QED) is 0.900. The number of aryl methyl sites for hydroxylation is 2. The van der Waals surface area contributed by atoms with E-state index in [0.29, 0.717) is 11.5 Å². The minimum Gasteiger partial charge on any atom is -0.381 e. The van der Waals surface area contributed by atoms with Crippen LogP contribution in [0.1, 0.15) is 56.6 Å². The minimum atomic E-state index is 0.356. The van der Waals surface area contributed by atoms with E-state index in [2.05, 4.69) is 49.7 Å². The summed E-state index contributed by atoms with van der Waals surface area (Å²) in [5, 5.41) is 8.34. The molecule has 1 aromatic rings. The maximum Gasteiger partial charge on any atom is 0.0644 e. The fourth-order valence-electron chi connectivity index (χ4n) is 3.19. The third-order valence-corrected chi connectivity index (χ3v) is 4.70. The second kappa shape index (κ2) is 6.27. The van der Waals surface area contributed by atoms with Crippen LogP contribution in [0.5, 0.6) is 0 Å². The normalized spacial score (nSPS) is 20.1. The number of hydrogen-bond donors (Lipinski definition) is 1. The number of rotatable bonds is 5. The lowest BCUT2D eigenvalue weighted by Crippen LogP contribution is -2.38. The van der Waals surface area contributed by atoms with Crippen LogP contribution in [-0.2, 0) is 11.3 Å². The van der Waals surface area contributed by atoms with Crippen LogP contribution in [0.4, 0.5) is 0 Å².